The third-order valence-corrected chi connectivity index (χ3v) is 9.76. The molecule has 0 atom stereocenters. The van der Waals surface area contributed by atoms with Crippen LogP contribution >= 0.6 is 34.5 Å². The minimum atomic E-state index is -4.43. The van der Waals surface area contributed by atoms with Gasteiger partial charge in [-0.05, 0) is 23.8 Å². The van der Waals surface area contributed by atoms with E-state index in [9.17, 15) is 26.4 Å². The molecule has 1 spiro atoms. The van der Waals surface area contributed by atoms with Crippen molar-refractivity contribution < 1.29 is 31.1 Å². The highest BCUT2D eigenvalue weighted by Crippen LogP contribution is 2.39. The lowest BCUT2D eigenvalue weighted by molar-refractivity contribution is -0.137. The van der Waals surface area contributed by atoms with Crippen LogP contribution in [0.5, 0.6) is 0 Å². The molecule has 13 heteroatoms. The summed E-state index contributed by atoms with van der Waals surface area (Å²) in [6.45, 7) is 0.637. The van der Waals surface area contributed by atoms with E-state index >= 15 is 0 Å². The van der Waals surface area contributed by atoms with Gasteiger partial charge in [0, 0.05) is 32.5 Å². The molecule has 4 rings (SSSR count). The molecule has 3 heterocycles. The Hall–Kier alpha value is -1.53. The van der Waals surface area contributed by atoms with Crippen LogP contribution in [-0.4, -0.2) is 49.0 Å². The smallest absolute Gasteiger partial charge is 0.416 e. The topological polar surface area (TPSA) is 66.9 Å². The molecule has 0 radical (unpaired) electrons. The lowest BCUT2D eigenvalue weighted by atomic mass is 9.92. The maximum atomic E-state index is 12.8. The molecule has 1 amide bonds. The number of sulfonamides is 1. The van der Waals surface area contributed by atoms with Crippen LogP contribution in [0.4, 0.5) is 18.0 Å². The average Bonchev–Trinajstić information content (AvgIpc) is 3.21. The highest BCUT2D eigenvalue weighted by atomic mass is 35.5. The van der Waals surface area contributed by atoms with Gasteiger partial charge in [0.25, 0.3) is 10.0 Å². The van der Waals surface area contributed by atoms with Crippen molar-refractivity contribution in [3.63, 3.8) is 0 Å². The van der Waals surface area contributed by atoms with E-state index in [1.165, 1.54) is 27.4 Å². The van der Waals surface area contributed by atoms with Crippen molar-refractivity contribution in [2.45, 2.75) is 35.4 Å². The molecule has 0 N–H and O–H groups in total. The van der Waals surface area contributed by atoms with Gasteiger partial charge in [-0.15, -0.1) is 11.3 Å². The van der Waals surface area contributed by atoms with Crippen LogP contribution < -0.4 is 0 Å². The van der Waals surface area contributed by atoms with E-state index in [-0.39, 0.29) is 39.7 Å². The number of thiophene rings is 1. The van der Waals surface area contributed by atoms with Crippen LogP contribution in [0.2, 0.25) is 9.36 Å². The zero-order valence-electron chi connectivity index (χ0n) is 16.4. The van der Waals surface area contributed by atoms with E-state index in [1.807, 2.05) is 0 Å². The Balaban J connectivity index is 1.40. The number of benzene rings is 1. The Labute approximate surface area is 196 Å². The van der Waals surface area contributed by atoms with E-state index in [4.69, 9.17) is 27.9 Å². The summed E-state index contributed by atoms with van der Waals surface area (Å²) in [4.78, 5) is 13.8. The molecule has 6 nitrogen and oxygen atoms in total. The Morgan fingerprint density at radius 2 is 1.75 bits per heavy atom. The van der Waals surface area contributed by atoms with Crippen LogP contribution in [0.1, 0.15) is 24.0 Å². The van der Waals surface area contributed by atoms with Gasteiger partial charge in [-0.25, -0.2) is 13.2 Å². The van der Waals surface area contributed by atoms with E-state index in [1.54, 1.807) is 0 Å². The first kappa shape index (κ1) is 23.6. The molecule has 2 aliphatic heterocycles. The van der Waals surface area contributed by atoms with Crippen LogP contribution in [-0.2, 0) is 27.5 Å². The lowest BCUT2D eigenvalue weighted by Gasteiger charge is -2.36. The van der Waals surface area contributed by atoms with Crippen molar-refractivity contribution in [1.29, 1.82) is 0 Å². The molecule has 1 aromatic carbocycles. The maximum absolute atomic E-state index is 12.8. The van der Waals surface area contributed by atoms with Crippen molar-refractivity contribution in [2.24, 2.45) is 0 Å². The Morgan fingerprint density at radius 1 is 1.12 bits per heavy atom. The molecule has 174 valence electrons. The minimum absolute atomic E-state index is 0.0517. The van der Waals surface area contributed by atoms with Gasteiger partial charge in [0.1, 0.15) is 14.1 Å². The fraction of sp³-hybridized carbons (Fsp3) is 0.421. The normalized spacial score (nSPS) is 19.5. The Morgan fingerprint density at radius 3 is 2.28 bits per heavy atom. The third-order valence-electron chi connectivity index (χ3n) is 5.55. The van der Waals surface area contributed by atoms with E-state index in [0.717, 1.165) is 23.5 Å². The summed E-state index contributed by atoms with van der Waals surface area (Å²) in [5, 5.41) is 0.173. The first-order chi connectivity index (χ1) is 14.9. The minimum Gasteiger partial charge on any atom is -0.441 e. The van der Waals surface area contributed by atoms with E-state index in [0.29, 0.717) is 18.4 Å². The van der Waals surface area contributed by atoms with Crippen LogP contribution in [0.15, 0.2) is 34.5 Å². The van der Waals surface area contributed by atoms with Crippen molar-refractivity contribution in [1.82, 2.24) is 9.21 Å². The fourth-order valence-electron chi connectivity index (χ4n) is 3.81. The SMILES string of the molecule is O=C1OC2(CCN(S(=O)(=O)c3cc(Cl)c(Cl)s3)CC2)CN1Cc1ccc(C(F)(F)F)cc1. The fourth-order valence-corrected chi connectivity index (χ4v) is 7.29. The molecule has 2 saturated heterocycles. The summed E-state index contributed by atoms with van der Waals surface area (Å²) in [6, 6.07) is 5.91. The molecule has 0 saturated carbocycles. The molecular formula is C19H17Cl2F3N2O4S2. The van der Waals surface area contributed by atoms with Crippen LogP contribution in [0.3, 0.4) is 0 Å². The number of piperidine rings is 1. The number of hydrogen-bond acceptors (Lipinski definition) is 5. The first-order valence-corrected chi connectivity index (χ1v) is 12.5. The number of nitrogens with zero attached hydrogens (tertiary/aromatic N) is 2. The number of ether oxygens (including phenoxy) is 1. The van der Waals surface area contributed by atoms with Gasteiger partial charge in [0.2, 0.25) is 0 Å². The predicted octanol–water partition coefficient (Wildman–Crippen LogP) is 5.25. The molecule has 2 aromatic rings. The number of alkyl halides is 3. The number of amides is 1. The summed E-state index contributed by atoms with van der Waals surface area (Å²) in [5.74, 6) is 0. The molecule has 2 aliphatic rings. The summed E-state index contributed by atoms with van der Waals surface area (Å²) in [6.07, 6.45) is -4.40. The lowest BCUT2D eigenvalue weighted by Crippen LogP contribution is -2.48. The van der Waals surface area contributed by atoms with Gasteiger partial charge in [-0.2, -0.15) is 17.5 Å². The quantitative estimate of drug-likeness (QED) is 0.543. The number of halogens is 5. The third kappa shape index (κ3) is 4.58. The van der Waals surface area contributed by atoms with Crippen molar-refractivity contribution >= 4 is 50.7 Å². The monoisotopic (exact) mass is 528 g/mol. The van der Waals surface area contributed by atoms with Gasteiger partial charge in [0.15, 0.2) is 0 Å². The van der Waals surface area contributed by atoms with Crippen LogP contribution in [0.25, 0.3) is 0 Å². The van der Waals surface area contributed by atoms with Gasteiger partial charge in [-0.3, -0.25) is 4.90 Å². The molecular weight excluding hydrogens is 512 g/mol. The van der Waals surface area contributed by atoms with Crippen molar-refractivity contribution in [2.75, 3.05) is 19.6 Å². The number of hydrogen-bond donors (Lipinski definition) is 0. The average molecular weight is 529 g/mol. The highest BCUT2D eigenvalue weighted by molar-refractivity contribution is 7.91. The molecule has 0 unspecified atom stereocenters. The largest absolute Gasteiger partial charge is 0.441 e. The van der Waals surface area contributed by atoms with E-state index in [2.05, 4.69) is 0 Å². The molecule has 2 fully saturated rings. The van der Waals surface area contributed by atoms with Crippen LogP contribution in [0, 0.1) is 0 Å². The Kier molecular flexibility index (Phi) is 6.17. The maximum Gasteiger partial charge on any atom is 0.416 e. The zero-order chi connectivity index (χ0) is 23.3. The van der Waals surface area contributed by atoms with Gasteiger partial charge >= 0.3 is 12.3 Å². The molecule has 1 aromatic heterocycles. The summed E-state index contributed by atoms with van der Waals surface area (Å²) >= 11 is 12.6. The van der Waals surface area contributed by atoms with Crippen molar-refractivity contribution in [3.8, 4) is 0 Å². The standard InChI is InChI=1S/C19H17Cl2F3N2O4S2/c20-14-9-15(31-16(14)21)32(28,29)26-7-5-18(6-8-26)11-25(17(27)30-18)10-12-1-3-13(4-2-12)19(22,23)24/h1-4,9H,5-8,10-11H2. The summed E-state index contributed by atoms with van der Waals surface area (Å²) in [5.41, 5.74) is -1.05. The second-order valence-corrected chi connectivity index (χ2v) is 11.9. The number of carbonyl (C=O) groups excluding carboxylic acids is 1. The Bertz CT molecular complexity index is 1110. The second kappa shape index (κ2) is 8.35. The van der Waals surface area contributed by atoms with Crippen molar-refractivity contribution in [3.05, 3.63) is 50.8 Å². The predicted molar refractivity (Wildman–Crippen MR) is 113 cm³/mol. The number of carbonyl (C=O) groups is 1. The second-order valence-electron chi connectivity index (χ2n) is 7.69. The number of rotatable bonds is 4. The van der Waals surface area contributed by atoms with Gasteiger partial charge in [0.05, 0.1) is 17.1 Å². The first-order valence-electron chi connectivity index (χ1n) is 9.49. The molecule has 32 heavy (non-hydrogen) atoms. The van der Waals surface area contributed by atoms with Gasteiger partial charge < -0.3 is 4.74 Å². The summed E-state index contributed by atoms with van der Waals surface area (Å²) < 4.78 is 71.0. The van der Waals surface area contributed by atoms with Gasteiger partial charge in [-0.1, -0.05) is 35.3 Å². The highest BCUT2D eigenvalue weighted by Gasteiger charge is 2.48. The molecule has 0 bridgehead atoms. The molecule has 0 aliphatic carbocycles. The zero-order valence-corrected chi connectivity index (χ0v) is 19.5. The summed E-state index contributed by atoms with van der Waals surface area (Å²) in [7, 11) is -3.76. The van der Waals surface area contributed by atoms with E-state index < -0.39 is 33.5 Å².